The number of hydrogen-bond acceptors (Lipinski definition) is 5. The predicted octanol–water partition coefficient (Wildman–Crippen LogP) is 2.59. The standard InChI is InChI=1S/C11H13N3O2S2/c1-2-4-14-10(8-3-5-17-6-8)12-13-11(14)18-7-9(15)16/h3,5-6H,2,4,7H2,1H3,(H,15,16). The Morgan fingerprint density at radius 3 is 3.00 bits per heavy atom. The van der Waals surface area contributed by atoms with Gasteiger partial charge in [-0.2, -0.15) is 11.3 Å². The average Bonchev–Trinajstić information content (AvgIpc) is 2.95. The van der Waals surface area contributed by atoms with Crippen LogP contribution in [0.3, 0.4) is 0 Å². The van der Waals surface area contributed by atoms with Gasteiger partial charge in [0, 0.05) is 17.5 Å². The van der Waals surface area contributed by atoms with E-state index in [1.54, 1.807) is 11.3 Å². The van der Waals surface area contributed by atoms with Crippen LogP contribution in [0, 0.1) is 0 Å². The van der Waals surface area contributed by atoms with Crippen molar-refractivity contribution >= 4 is 29.1 Å². The molecule has 2 rings (SSSR count). The van der Waals surface area contributed by atoms with Crippen molar-refractivity contribution in [2.75, 3.05) is 5.75 Å². The molecule has 0 atom stereocenters. The number of thioether (sulfide) groups is 1. The predicted molar refractivity (Wildman–Crippen MR) is 72.0 cm³/mol. The van der Waals surface area contributed by atoms with Gasteiger partial charge in [-0.3, -0.25) is 4.79 Å². The molecule has 0 aliphatic rings. The molecule has 0 saturated carbocycles. The molecule has 2 aromatic heterocycles. The van der Waals surface area contributed by atoms with E-state index in [1.807, 2.05) is 21.4 Å². The molecule has 2 aromatic rings. The maximum Gasteiger partial charge on any atom is 0.313 e. The number of carboxylic acids is 1. The highest BCUT2D eigenvalue weighted by molar-refractivity contribution is 7.99. The molecule has 96 valence electrons. The van der Waals surface area contributed by atoms with E-state index in [2.05, 4.69) is 17.1 Å². The SMILES string of the molecule is CCCn1c(SCC(=O)O)nnc1-c1ccsc1. The largest absolute Gasteiger partial charge is 0.481 e. The lowest BCUT2D eigenvalue weighted by molar-refractivity contribution is -0.133. The molecule has 0 amide bonds. The van der Waals surface area contributed by atoms with Crippen molar-refractivity contribution in [1.82, 2.24) is 14.8 Å². The monoisotopic (exact) mass is 283 g/mol. The first-order valence-electron chi connectivity index (χ1n) is 5.52. The van der Waals surface area contributed by atoms with E-state index in [-0.39, 0.29) is 5.75 Å². The van der Waals surface area contributed by atoms with Crippen molar-refractivity contribution in [3.63, 3.8) is 0 Å². The lowest BCUT2D eigenvalue weighted by Crippen LogP contribution is -2.04. The summed E-state index contributed by atoms with van der Waals surface area (Å²) >= 11 is 2.81. The van der Waals surface area contributed by atoms with Gasteiger partial charge in [0.2, 0.25) is 0 Å². The van der Waals surface area contributed by atoms with E-state index in [4.69, 9.17) is 5.11 Å². The maximum absolute atomic E-state index is 10.6. The molecule has 2 heterocycles. The summed E-state index contributed by atoms with van der Waals surface area (Å²) in [6, 6.07) is 1.99. The molecule has 0 aliphatic carbocycles. The van der Waals surface area contributed by atoms with Gasteiger partial charge in [0.15, 0.2) is 11.0 Å². The minimum Gasteiger partial charge on any atom is -0.481 e. The number of thiophene rings is 1. The molecule has 7 heteroatoms. The van der Waals surface area contributed by atoms with E-state index in [0.29, 0.717) is 5.16 Å². The third-order valence-electron chi connectivity index (χ3n) is 2.27. The van der Waals surface area contributed by atoms with E-state index in [0.717, 1.165) is 24.4 Å². The highest BCUT2D eigenvalue weighted by atomic mass is 32.2. The zero-order valence-electron chi connectivity index (χ0n) is 9.87. The zero-order chi connectivity index (χ0) is 13.0. The maximum atomic E-state index is 10.6. The Balaban J connectivity index is 2.28. The lowest BCUT2D eigenvalue weighted by Gasteiger charge is -2.06. The molecule has 1 N–H and O–H groups in total. The van der Waals surface area contributed by atoms with Crippen LogP contribution in [0.1, 0.15) is 13.3 Å². The van der Waals surface area contributed by atoms with E-state index >= 15 is 0 Å². The molecule has 0 aliphatic heterocycles. The molecular weight excluding hydrogens is 270 g/mol. The van der Waals surface area contributed by atoms with Crippen LogP contribution >= 0.6 is 23.1 Å². The molecule has 0 fully saturated rings. The smallest absolute Gasteiger partial charge is 0.313 e. The fourth-order valence-electron chi connectivity index (χ4n) is 1.55. The van der Waals surface area contributed by atoms with Crippen LogP contribution in [0.4, 0.5) is 0 Å². The molecule has 0 unspecified atom stereocenters. The Morgan fingerprint density at radius 2 is 2.39 bits per heavy atom. The molecular formula is C11H13N3O2S2. The van der Waals surface area contributed by atoms with Gasteiger partial charge in [0.1, 0.15) is 0 Å². The molecule has 0 spiro atoms. The van der Waals surface area contributed by atoms with Crippen molar-refractivity contribution in [2.24, 2.45) is 0 Å². The second-order valence-corrected chi connectivity index (χ2v) is 5.37. The first kappa shape index (κ1) is 13.1. The highest BCUT2D eigenvalue weighted by Gasteiger charge is 2.14. The summed E-state index contributed by atoms with van der Waals surface area (Å²) in [7, 11) is 0. The van der Waals surface area contributed by atoms with Crippen molar-refractivity contribution in [3.05, 3.63) is 16.8 Å². The number of hydrogen-bond donors (Lipinski definition) is 1. The first-order valence-corrected chi connectivity index (χ1v) is 7.45. The number of carboxylic acid groups (broad SMARTS) is 1. The molecule has 0 radical (unpaired) electrons. The van der Waals surface area contributed by atoms with Crippen LogP contribution in [0.15, 0.2) is 22.0 Å². The summed E-state index contributed by atoms with van der Waals surface area (Å²) in [5.74, 6) is -0.0278. The van der Waals surface area contributed by atoms with E-state index in [1.165, 1.54) is 11.8 Å². The Hall–Kier alpha value is -1.34. The van der Waals surface area contributed by atoms with Gasteiger partial charge in [0.05, 0.1) is 5.75 Å². The second kappa shape index (κ2) is 6.01. The van der Waals surface area contributed by atoms with Crippen LogP contribution in [0.25, 0.3) is 11.4 Å². The van der Waals surface area contributed by atoms with Gasteiger partial charge < -0.3 is 9.67 Å². The van der Waals surface area contributed by atoms with Gasteiger partial charge in [-0.05, 0) is 17.9 Å². The summed E-state index contributed by atoms with van der Waals surface area (Å²) in [5.41, 5.74) is 1.03. The third-order valence-corrected chi connectivity index (χ3v) is 3.90. The van der Waals surface area contributed by atoms with Crippen LogP contribution in [0.2, 0.25) is 0 Å². The van der Waals surface area contributed by atoms with E-state index < -0.39 is 5.97 Å². The number of nitrogens with zero attached hydrogens (tertiary/aromatic N) is 3. The van der Waals surface area contributed by atoms with Gasteiger partial charge >= 0.3 is 5.97 Å². The Morgan fingerprint density at radius 1 is 1.56 bits per heavy atom. The number of aliphatic carboxylic acids is 1. The molecule has 0 aromatic carbocycles. The normalized spacial score (nSPS) is 10.7. The molecule has 0 bridgehead atoms. The number of aromatic nitrogens is 3. The molecule has 5 nitrogen and oxygen atoms in total. The minimum absolute atomic E-state index is 0.00544. The highest BCUT2D eigenvalue weighted by Crippen LogP contribution is 2.25. The van der Waals surface area contributed by atoms with Gasteiger partial charge in [-0.1, -0.05) is 18.7 Å². The van der Waals surface area contributed by atoms with Crippen LogP contribution < -0.4 is 0 Å². The summed E-state index contributed by atoms with van der Waals surface area (Å²) in [6.07, 6.45) is 0.954. The van der Waals surface area contributed by atoms with Gasteiger partial charge in [-0.25, -0.2) is 0 Å². The topological polar surface area (TPSA) is 68.0 Å². The number of rotatable bonds is 6. The number of carbonyl (C=O) groups is 1. The van der Waals surface area contributed by atoms with Crippen molar-refractivity contribution in [1.29, 1.82) is 0 Å². The van der Waals surface area contributed by atoms with E-state index in [9.17, 15) is 4.79 Å². The van der Waals surface area contributed by atoms with Crippen molar-refractivity contribution in [3.8, 4) is 11.4 Å². The zero-order valence-corrected chi connectivity index (χ0v) is 11.5. The second-order valence-electron chi connectivity index (χ2n) is 3.65. The Bertz CT molecular complexity index is 522. The van der Waals surface area contributed by atoms with Crippen molar-refractivity contribution < 1.29 is 9.90 Å². The van der Waals surface area contributed by atoms with Crippen LogP contribution in [-0.2, 0) is 11.3 Å². The van der Waals surface area contributed by atoms with Gasteiger partial charge in [-0.15, -0.1) is 10.2 Å². The summed E-state index contributed by atoms with van der Waals surface area (Å²) < 4.78 is 1.98. The van der Waals surface area contributed by atoms with Gasteiger partial charge in [0.25, 0.3) is 0 Å². The van der Waals surface area contributed by atoms with Crippen LogP contribution in [0.5, 0.6) is 0 Å². The molecule has 0 saturated heterocycles. The lowest BCUT2D eigenvalue weighted by atomic mass is 10.3. The quantitative estimate of drug-likeness (QED) is 0.825. The Labute approximate surface area is 113 Å². The third kappa shape index (κ3) is 2.91. The van der Waals surface area contributed by atoms with Crippen molar-refractivity contribution in [2.45, 2.75) is 25.0 Å². The fraction of sp³-hybridized carbons (Fsp3) is 0.364. The summed E-state index contributed by atoms with van der Waals surface area (Å²) in [4.78, 5) is 10.6. The Kier molecular flexibility index (Phi) is 4.38. The summed E-state index contributed by atoms with van der Waals surface area (Å²) in [6.45, 7) is 2.86. The summed E-state index contributed by atoms with van der Waals surface area (Å²) in [5, 5.41) is 21.6. The molecule has 18 heavy (non-hydrogen) atoms. The fourth-order valence-corrected chi connectivity index (χ4v) is 2.87. The minimum atomic E-state index is -0.844. The average molecular weight is 283 g/mol. The first-order chi connectivity index (χ1) is 8.72. The van der Waals surface area contributed by atoms with Crippen LogP contribution in [-0.4, -0.2) is 31.6 Å².